The highest BCUT2D eigenvalue weighted by molar-refractivity contribution is 6.27. The van der Waals surface area contributed by atoms with Crippen molar-refractivity contribution in [3.8, 4) is 33.6 Å². The Morgan fingerprint density at radius 1 is 0.309 bits per heavy atom. The zero-order valence-corrected chi connectivity index (χ0v) is 30.3. The first kappa shape index (κ1) is 30.3. The molecule has 2 heteroatoms. The molecule has 0 saturated carbocycles. The lowest BCUT2D eigenvalue weighted by atomic mass is 9.87. The summed E-state index contributed by atoms with van der Waals surface area (Å²) in [5.41, 5.74) is 13.3. The second kappa shape index (κ2) is 11.4. The number of nitrogens with zero attached hydrogens (tertiary/aromatic N) is 2. The molecule has 10 aromatic carbocycles. The number of aromatic nitrogens is 2. The van der Waals surface area contributed by atoms with Crippen LogP contribution in [-0.4, -0.2) is 9.13 Å². The van der Waals surface area contributed by atoms with Gasteiger partial charge in [-0.2, -0.15) is 0 Å². The van der Waals surface area contributed by atoms with E-state index in [0.717, 1.165) is 11.4 Å². The maximum Gasteiger partial charge on any atom is 0.0541 e. The van der Waals surface area contributed by atoms with Crippen LogP contribution in [0.1, 0.15) is 5.56 Å². The molecule has 0 radical (unpaired) electrons. The van der Waals surface area contributed by atoms with Gasteiger partial charge in [0.05, 0.1) is 22.1 Å². The molecule has 55 heavy (non-hydrogen) atoms. The minimum atomic E-state index is 1.14. The third-order valence-corrected chi connectivity index (χ3v) is 11.9. The fourth-order valence-electron chi connectivity index (χ4n) is 9.45. The molecule has 0 aliphatic carbocycles. The van der Waals surface area contributed by atoms with Gasteiger partial charge in [0.15, 0.2) is 0 Å². The van der Waals surface area contributed by atoms with Gasteiger partial charge in [-0.05, 0) is 104 Å². The maximum absolute atomic E-state index is 2.45. The summed E-state index contributed by atoms with van der Waals surface area (Å²) in [5.74, 6) is 0. The van der Waals surface area contributed by atoms with Crippen molar-refractivity contribution < 1.29 is 0 Å². The fraction of sp³-hybridized carbons (Fsp3) is 0.0189. The van der Waals surface area contributed by atoms with Gasteiger partial charge in [0.1, 0.15) is 0 Å². The topological polar surface area (TPSA) is 9.86 Å². The molecule has 0 N–H and O–H groups in total. The summed E-state index contributed by atoms with van der Waals surface area (Å²) in [6.07, 6.45) is 0. The second-order valence-electron chi connectivity index (χ2n) is 15.0. The maximum atomic E-state index is 2.45. The van der Waals surface area contributed by atoms with E-state index in [1.165, 1.54) is 104 Å². The van der Waals surface area contributed by atoms with Crippen molar-refractivity contribution in [3.05, 3.63) is 194 Å². The number of hydrogen-bond acceptors (Lipinski definition) is 0. The van der Waals surface area contributed by atoms with Crippen LogP contribution in [0.3, 0.4) is 0 Å². The summed E-state index contributed by atoms with van der Waals surface area (Å²) in [7, 11) is 0. The molecule has 2 heterocycles. The third-order valence-electron chi connectivity index (χ3n) is 11.9. The van der Waals surface area contributed by atoms with Crippen molar-refractivity contribution in [2.45, 2.75) is 6.92 Å². The molecule has 0 fully saturated rings. The predicted octanol–water partition coefficient (Wildman–Crippen LogP) is 14.4. The number of benzene rings is 10. The van der Waals surface area contributed by atoms with Crippen molar-refractivity contribution in [3.63, 3.8) is 0 Å². The monoisotopic (exact) mass is 698 g/mol. The summed E-state index contributed by atoms with van der Waals surface area (Å²) in [4.78, 5) is 0. The number of hydrogen-bond donors (Lipinski definition) is 0. The Morgan fingerprint density at radius 2 is 0.691 bits per heavy atom. The molecule has 256 valence electrons. The van der Waals surface area contributed by atoms with Crippen LogP contribution in [-0.2, 0) is 0 Å². The van der Waals surface area contributed by atoms with Gasteiger partial charge >= 0.3 is 0 Å². The lowest BCUT2D eigenvalue weighted by Gasteiger charge is -2.19. The van der Waals surface area contributed by atoms with Gasteiger partial charge in [-0.15, -0.1) is 0 Å². The zero-order valence-electron chi connectivity index (χ0n) is 30.3. The summed E-state index contributed by atoms with van der Waals surface area (Å²) in [6.45, 7) is 2.15. The van der Waals surface area contributed by atoms with Crippen LogP contribution < -0.4 is 0 Å². The molecule has 12 rings (SSSR count). The van der Waals surface area contributed by atoms with Gasteiger partial charge in [0.2, 0.25) is 0 Å². The van der Waals surface area contributed by atoms with E-state index < -0.39 is 0 Å². The van der Waals surface area contributed by atoms with Gasteiger partial charge in [0, 0.05) is 32.9 Å². The Labute approximate surface area is 318 Å². The van der Waals surface area contributed by atoms with Gasteiger partial charge in [-0.25, -0.2) is 0 Å². The van der Waals surface area contributed by atoms with Crippen LogP contribution in [0.4, 0.5) is 0 Å². The minimum absolute atomic E-state index is 1.14. The van der Waals surface area contributed by atoms with Crippen LogP contribution in [0, 0.1) is 6.92 Å². The fourth-order valence-corrected chi connectivity index (χ4v) is 9.45. The molecule has 0 amide bonds. The highest BCUT2D eigenvalue weighted by Gasteiger charge is 2.19. The van der Waals surface area contributed by atoms with Crippen LogP contribution in [0.2, 0.25) is 0 Å². The SMILES string of the molecule is Cc1ccc(-c2ccc3ccc4c(-c5cc(-n6c7ccccc7c7ccccc76)cc(-n6c7ccccc7c7ccccc76)c5)ccc5ccc2c3c54)cc1. The summed E-state index contributed by atoms with van der Waals surface area (Å²) < 4.78 is 4.91. The average molecular weight is 699 g/mol. The molecule has 0 bridgehead atoms. The largest absolute Gasteiger partial charge is 0.309 e. The lowest BCUT2D eigenvalue weighted by molar-refractivity contribution is 1.13. The molecule has 12 aromatic rings. The van der Waals surface area contributed by atoms with E-state index in [-0.39, 0.29) is 0 Å². The first-order valence-electron chi connectivity index (χ1n) is 19.1. The smallest absolute Gasteiger partial charge is 0.0541 e. The highest BCUT2D eigenvalue weighted by Crippen LogP contribution is 2.44. The van der Waals surface area contributed by atoms with Gasteiger partial charge < -0.3 is 9.13 Å². The number of para-hydroxylation sites is 4. The first-order valence-corrected chi connectivity index (χ1v) is 19.1. The molecule has 0 aliphatic heterocycles. The van der Waals surface area contributed by atoms with Crippen LogP contribution in [0.5, 0.6) is 0 Å². The van der Waals surface area contributed by atoms with Crippen LogP contribution >= 0.6 is 0 Å². The number of fused-ring (bicyclic) bond motifs is 6. The Bertz CT molecular complexity index is 3250. The standard InChI is InChI=1S/C53H34N2/c1-33-18-20-34(21-19-33)40-26-22-35-25-29-47-41(27-23-36-24-28-46(40)52(35)53(36)47)37-30-38(54-48-14-6-2-10-42(48)43-11-3-7-15-49(43)54)32-39(31-37)55-50-16-8-4-12-44(50)45-13-5-9-17-51(45)55/h2-32H,1H3. The molecule has 0 unspecified atom stereocenters. The quantitative estimate of drug-likeness (QED) is 0.162. The minimum Gasteiger partial charge on any atom is -0.309 e. The van der Waals surface area contributed by atoms with Crippen molar-refractivity contribution in [1.82, 2.24) is 9.13 Å². The normalized spacial score (nSPS) is 12.1. The molecule has 2 nitrogen and oxygen atoms in total. The molecule has 2 aromatic heterocycles. The van der Waals surface area contributed by atoms with E-state index in [9.17, 15) is 0 Å². The van der Waals surface area contributed by atoms with E-state index in [4.69, 9.17) is 0 Å². The molecular weight excluding hydrogens is 665 g/mol. The van der Waals surface area contributed by atoms with Gasteiger partial charge in [-0.1, -0.05) is 151 Å². The van der Waals surface area contributed by atoms with Crippen LogP contribution in [0.25, 0.3) is 110 Å². The Hall–Kier alpha value is -7.16. The first-order chi connectivity index (χ1) is 27.2. The third kappa shape index (κ3) is 4.37. The van der Waals surface area contributed by atoms with E-state index >= 15 is 0 Å². The molecule has 0 spiro atoms. The van der Waals surface area contributed by atoms with E-state index in [2.05, 4.69) is 204 Å². The van der Waals surface area contributed by atoms with E-state index in [0.29, 0.717) is 0 Å². The second-order valence-corrected chi connectivity index (χ2v) is 15.0. The van der Waals surface area contributed by atoms with Gasteiger partial charge in [0.25, 0.3) is 0 Å². The van der Waals surface area contributed by atoms with Crippen molar-refractivity contribution in [2.75, 3.05) is 0 Å². The molecular formula is C53H34N2. The molecule has 0 atom stereocenters. The summed E-state index contributed by atoms with van der Waals surface area (Å²) >= 11 is 0. The summed E-state index contributed by atoms with van der Waals surface area (Å²) in [5, 5.41) is 12.8. The van der Waals surface area contributed by atoms with Crippen molar-refractivity contribution in [1.29, 1.82) is 0 Å². The zero-order chi connectivity index (χ0) is 36.2. The van der Waals surface area contributed by atoms with Crippen molar-refractivity contribution >= 4 is 75.9 Å². The van der Waals surface area contributed by atoms with Crippen LogP contribution in [0.15, 0.2) is 188 Å². The molecule has 0 saturated heterocycles. The summed E-state index contributed by atoms with van der Waals surface area (Å²) in [6, 6.07) is 69.9. The molecule has 0 aliphatic rings. The lowest BCUT2D eigenvalue weighted by Crippen LogP contribution is -2.00. The highest BCUT2D eigenvalue weighted by atomic mass is 15.0. The van der Waals surface area contributed by atoms with Crippen molar-refractivity contribution in [2.24, 2.45) is 0 Å². The van der Waals surface area contributed by atoms with E-state index in [1.807, 2.05) is 0 Å². The predicted molar refractivity (Wildman–Crippen MR) is 234 cm³/mol. The van der Waals surface area contributed by atoms with Gasteiger partial charge in [-0.3, -0.25) is 0 Å². The Morgan fingerprint density at radius 3 is 1.13 bits per heavy atom. The Kier molecular flexibility index (Phi) is 6.29. The number of aryl methyl sites for hydroxylation is 1. The Balaban J connectivity index is 1.19. The van der Waals surface area contributed by atoms with E-state index in [1.54, 1.807) is 0 Å². The average Bonchev–Trinajstić information content (AvgIpc) is 3.76. The number of rotatable bonds is 4.